The first-order valence-corrected chi connectivity index (χ1v) is 10.6. The highest BCUT2D eigenvalue weighted by molar-refractivity contribution is 7.91. The van der Waals surface area contributed by atoms with Crippen molar-refractivity contribution in [3.05, 3.63) is 35.9 Å². The zero-order chi connectivity index (χ0) is 17.9. The normalized spacial score (nSPS) is 24.1. The summed E-state index contributed by atoms with van der Waals surface area (Å²) in [6.45, 7) is 1.68. The van der Waals surface area contributed by atoms with Gasteiger partial charge in [0.25, 0.3) is 0 Å². The molecular formula is C18H24N2O4S. The number of hydrogen-bond acceptors (Lipinski definition) is 5. The van der Waals surface area contributed by atoms with Gasteiger partial charge in [-0.15, -0.1) is 0 Å². The summed E-state index contributed by atoms with van der Waals surface area (Å²) in [4.78, 5) is 26.6. The number of nitrogens with zero attached hydrogens (tertiary/aromatic N) is 1. The van der Waals surface area contributed by atoms with Crippen molar-refractivity contribution in [3.63, 3.8) is 0 Å². The number of Topliss-reactive ketones (excluding diaryl/α,β-unsaturated/α-hetero) is 1. The zero-order valence-electron chi connectivity index (χ0n) is 14.2. The van der Waals surface area contributed by atoms with Gasteiger partial charge in [0.1, 0.15) is 0 Å². The van der Waals surface area contributed by atoms with Gasteiger partial charge in [-0.25, -0.2) is 8.42 Å². The molecule has 2 aliphatic rings. The van der Waals surface area contributed by atoms with Gasteiger partial charge in [-0.05, 0) is 32.4 Å². The average molecular weight is 364 g/mol. The molecule has 0 saturated carbocycles. The van der Waals surface area contributed by atoms with Gasteiger partial charge in [-0.1, -0.05) is 30.3 Å². The summed E-state index contributed by atoms with van der Waals surface area (Å²) in [5, 5.41) is 2.81. The molecule has 1 aromatic rings. The standard InChI is InChI=1S/C18H24N2O4S/c21-17(19-16-8-11-25(23,24)13-16)12-20-9-6-15(7-10-20)18(22)14-4-2-1-3-5-14/h1-5,15-16H,6-13H2,(H,19,21). The second-order valence-electron chi connectivity index (χ2n) is 6.95. The van der Waals surface area contributed by atoms with E-state index in [4.69, 9.17) is 0 Å². The third-order valence-electron chi connectivity index (χ3n) is 4.98. The first kappa shape index (κ1) is 18.1. The van der Waals surface area contributed by atoms with E-state index in [-0.39, 0.29) is 41.7 Å². The second-order valence-corrected chi connectivity index (χ2v) is 9.18. The smallest absolute Gasteiger partial charge is 0.234 e. The Morgan fingerprint density at radius 3 is 2.36 bits per heavy atom. The number of amides is 1. The van der Waals surface area contributed by atoms with E-state index in [0.29, 0.717) is 19.5 Å². The monoisotopic (exact) mass is 364 g/mol. The van der Waals surface area contributed by atoms with Crippen molar-refractivity contribution in [3.8, 4) is 0 Å². The molecule has 0 spiro atoms. The lowest BCUT2D eigenvalue weighted by Gasteiger charge is -2.31. The fourth-order valence-corrected chi connectivity index (χ4v) is 5.25. The maximum atomic E-state index is 12.5. The van der Waals surface area contributed by atoms with Crippen LogP contribution in [0.25, 0.3) is 0 Å². The van der Waals surface area contributed by atoms with E-state index in [0.717, 1.165) is 18.4 Å². The van der Waals surface area contributed by atoms with Gasteiger partial charge in [-0.3, -0.25) is 14.5 Å². The van der Waals surface area contributed by atoms with Gasteiger partial charge in [0.05, 0.1) is 18.1 Å². The van der Waals surface area contributed by atoms with Crippen LogP contribution in [0.2, 0.25) is 0 Å². The van der Waals surface area contributed by atoms with Crippen molar-refractivity contribution in [2.45, 2.75) is 25.3 Å². The molecule has 1 aromatic carbocycles. The van der Waals surface area contributed by atoms with E-state index >= 15 is 0 Å². The van der Waals surface area contributed by atoms with Crippen molar-refractivity contribution < 1.29 is 18.0 Å². The Bertz CT molecular complexity index is 725. The third kappa shape index (κ3) is 4.89. The molecule has 1 atom stereocenters. The number of carbonyl (C=O) groups is 2. The number of benzene rings is 1. The summed E-state index contributed by atoms with van der Waals surface area (Å²) < 4.78 is 22.9. The molecule has 1 unspecified atom stereocenters. The van der Waals surface area contributed by atoms with Crippen molar-refractivity contribution in [2.75, 3.05) is 31.1 Å². The quantitative estimate of drug-likeness (QED) is 0.785. The molecule has 6 nitrogen and oxygen atoms in total. The highest BCUT2D eigenvalue weighted by atomic mass is 32.2. The molecule has 7 heteroatoms. The summed E-state index contributed by atoms with van der Waals surface area (Å²) in [6, 6.07) is 9.07. The van der Waals surface area contributed by atoms with Gasteiger partial charge in [-0.2, -0.15) is 0 Å². The minimum absolute atomic E-state index is 0.0155. The van der Waals surface area contributed by atoms with Crippen LogP contribution >= 0.6 is 0 Å². The Hall–Kier alpha value is -1.73. The number of rotatable bonds is 5. The Labute approximate surface area is 148 Å². The molecule has 136 valence electrons. The zero-order valence-corrected chi connectivity index (χ0v) is 15.0. The lowest BCUT2D eigenvalue weighted by molar-refractivity contribution is -0.123. The molecule has 0 aromatic heterocycles. The van der Waals surface area contributed by atoms with Gasteiger partial charge in [0.2, 0.25) is 5.91 Å². The maximum absolute atomic E-state index is 12.5. The first-order chi connectivity index (χ1) is 11.9. The van der Waals surface area contributed by atoms with Crippen LogP contribution in [-0.2, 0) is 14.6 Å². The van der Waals surface area contributed by atoms with E-state index in [2.05, 4.69) is 5.32 Å². The molecule has 2 fully saturated rings. The van der Waals surface area contributed by atoms with Crippen LogP contribution in [0.15, 0.2) is 30.3 Å². The molecule has 0 aliphatic carbocycles. The Balaban J connectivity index is 1.43. The van der Waals surface area contributed by atoms with E-state index in [9.17, 15) is 18.0 Å². The molecular weight excluding hydrogens is 340 g/mol. The van der Waals surface area contributed by atoms with Crippen LogP contribution in [0.5, 0.6) is 0 Å². The summed E-state index contributed by atoms with van der Waals surface area (Å²) in [6.07, 6.45) is 2.00. The molecule has 0 bridgehead atoms. The number of ketones is 1. The average Bonchev–Trinajstić information content (AvgIpc) is 2.94. The van der Waals surface area contributed by atoms with Crippen molar-refractivity contribution >= 4 is 21.5 Å². The van der Waals surface area contributed by atoms with E-state index in [1.807, 2.05) is 35.2 Å². The van der Waals surface area contributed by atoms with Crippen molar-refractivity contribution in [2.24, 2.45) is 5.92 Å². The summed E-state index contributed by atoms with van der Waals surface area (Å²) in [5.41, 5.74) is 0.751. The van der Waals surface area contributed by atoms with Crippen LogP contribution in [-0.4, -0.2) is 62.2 Å². The van der Waals surface area contributed by atoms with Gasteiger partial charge < -0.3 is 5.32 Å². The van der Waals surface area contributed by atoms with E-state index in [1.54, 1.807) is 0 Å². The van der Waals surface area contributed by atoms with Crippen LogP contribution in [0, 0.1) is 5.92 Å². The number of piperidine rings is 1. The number of carbonyl (C=O) groups excluding carboxylic acids is 2. The topological polar surface area (TPSA) is 83.6 Å². The minimum atomic E-state index is -2.98. The molecule has 3 rings (SSSR count). The first-order valence-electron chi connectivity index (χ1n) is 8.74. The van der Waals surface area contributed by atoms with E-state index < -0.39 is 9.84 Å². The lowest BCUT2D eigenvalue weighted by Crippen LogP contribution is -2.45. The van der Waals surface area contributed by atoms with Crippen molar-refractivity contribution in [1.82, 2.24) is 10.2 Å². The van der Waals surface area contributed by atoms with Gasteiger partial charge in [0, 0.05) is 17.5 Å². The Morgan fingerprint density at radius 1 is 1.08 bits per heavy atom. The van der Waals surface area contributed by atoms with Crippen LogP contribution in [0.4, 0.5) is 0 Å². The van der Waals surface area contributed by atoms with Crippen LogP contribution in [0.1, 0.15) is 29.6 Å². The highest BCUT2D eigenvalue weighted by Crippen LogP contribution is 2.21. The molecule has 2 saturated heterocycles. The van der Waals surface area contributed by atoms with Crippen LogP contribution < -0.4 is 5.32 Å². The van der Waals surface area contributed by atoms with Crippen molar-refractivity contribution in [1.29, 1.82) is 0 Å². The number of sulfone groups is 1. The number of likely N-dealkylation sites (tertiary alicyclic amines) is 1. The predicted octanol–water partition coefficient (Wildman–Crippen LogP) is 0.885. The second kappa shape index (κ2) is 7.66. The molecule has 1 N–H and O–H groups in total. The van der Waals surface area contributed by atoms with Gasteiger partial charge in [0.15, 0.2) is 15.6 Å². The third-order valence-corrected chi connectivity index (χ3v) is 6.75. The minimum Gasteiger partial charge on any atom is -0.351 e. The van der Waals surface area contributed by atoms with E-state index in [1.165, 1.54) is 0 Å². The lowest BCUT2D eigenvalue weighted by atomic mass is 9.89. The molecule has 2 aliphatic heterocycles. The largest absolute Gasteiger partial charge is 0.351 e. The summed E-state index contributed by atoms with van der Waals surface area (Å²) in [5.74, 6) is 0.273. The van der Waals surface area contributed by atoms with Crippen LogP contribution in [0.3, 0.4) is 0 Å². The molecule has 1 amide bonds. The number of nitrogens with one attached hydrogen (secondary N) is 1. The summed E-state index contributed by atoms with van der Waals surface area (Å²) in [7, 11) is -2.98. The number of hydrogen-bond donors (Lipinski definition) is 1. The molecule has 25 heavy (non-hydrogen) atoms. The highest BCUT2D eigenvalue weighted by Gasteiger charge is 2.30. The molecule has 0 radical (unpaired) electrons. The van der Waals surface area contributed by atoms with Gasteiger partial charge >= 0.3 is 0 Å². The molecule has 2 heterocycles. The Kier molecular flexibility index (Phi) is 5.54. The fourth-order valence-electron chi connectivity index (χ4n) is 3.58. The predicted molar refractivity (Wildman–Crippen MR) is 95.1 cm³/mol. The SMILES string of the molecule is O=C(CN1CCC(C(=O)c2ccccc2)CC1)NC1CCS(=O)(=O)C1. The fraction of sp³-hybridized carbons (Fsp3) is 0.556. The maximum Gasteiger partial charge on any atom is 0.234 e. The Morgan fingerprint density at radius 2 is 1.76 bits per heavy atom. The summed E-state index contributed by atoms with van der Waals surface area (Å²) >= 11 is 0.